The van der Waals surface area contributed by atoms with E-state index in [2.05, 4.69) is 6.58 Å². The number of fused-ring (bicyclic) bond motifs is 3. The first-order chi connectivity index (χ1) is 9.68. The van der Waals surface area contributed by atoms with Gasteiger partial charge in [-0.05, 0) is 31.2 Å². The first-order valence-corrected chi connectivity index (χ1v) is 7.17. The van der Waals surface area contributed by atoms with Gasteiger partial charge in [0, 0.05) is 0 Å². The van der Waals surface area contributed by atoms with Crippen LogP contribution in [0.25, 0.3) is 0 Å². The summed E-state index contributed by atoms with van der Waals surface area (Å²) in [6.45, 7) is 4.66. The second-order valence-electron chi connectivity index (χ2n) is 5.90. The number of esters is 1. The second-order valence-corrected chi connectivity index (χ2v) is 5.90. The molecule has 2 heterocycles. The molecule has 0 radical (unpaired) electrons. The van der Waals surface area contributed by atoms with Gasteiger partial charge in [0.15, 0.2) is 0 Å². The molecule has 1 aliphatic carbocycles. The Labute approximate surface area is 119 Å². The lowest BCUT2D eigenvalue weighted by atomic mass is 9.66. The molecule has 0 amide bonds. The van der Waals surface area contributed by atoms with E-state index in [4.69, 9.17) is 9.47 Å². The lowest BCUT2D eigenvalue weighted by molar-refractivity contribution is -0.194. The van der Waals surface area contributed by atoms with Crippen LogP contribution in [0.1, 0.15) is 31.2 Å². The first kappa shape index (κ1) is 13.4. The van der Waals surface area contributed by atoms with Gasteiger partial charge in [-0.15, -0.1) is 6.58 Å². The minimum atomic E-state index is -0.431. The van der Waals surface area contributed by atoms with Gasteiger partial charge in [0.25, 0.3) is 0 Å². The summed E-state index contributed by atoms with van der Waals surface area (Å²) >= 11 is 0. The Balaban J connectivity index is 1.62. The summed E-state index contributed by atoms with van der Waals surface area (Å²) in [5.74, 6) is -0.112. The van der Waals surface area contributed by atoms with Crippen LogP contribution in [0.4, 0.5) is 0 Å². The monoisotopic (exact) mass is 272 g/mol. The Kier molecular flexibility index (Phi) is 3.38. The molecule has 1 aromatic carbocycles. The maximum atomic E-state index is 12.4. The van der Waals surface area contributed by atoms with Crippen LogP contribution in [0.3, 0.4) is 0 Å². The molecular formula is C17H20O3. The van der Waals surface area contributed by atoms with Crippen molar-refractivity contribution in [1.29, 1.82) is 0 Å². The number of benzene rings is 1. The molecule has 0 atom stereocenters. The van der Waals surface area contributed by atoms with Gasteiger partial charge >= 0.3 is 5.97 Å². The van der Waals surface area contributed by atoms with Crippen LogP contribution < -0.4 is 0 Å². The highest BCUT2D eigenvalue weighted by Crippen LogP contribution is 2.49. The molecule has 0 spiro atoms. The Morgan fingerprint density at radius 3 is 2.50 bits per heavy atom. The predicted octanol–water partition coefficient (Wildman–Crippen LogP) is 3.25. The summed E-state index contributed by atoms with van der Waals surface area (Å²) in [6.07, 6.45) is 5.32. The van der Waals surface area contributed by atoms with Crippen molar-refractivity contribution in [1.82, 2.24) is 0 Å². The average molecular weight is 272 g/mol. The number of ether oxygens (including phenoxy) is 2. The van der Waals surface area contributed by atoms with Crippen LogP contribution in [0.5, 0.6) is 0 Å². The molecule has 0 N–H and O–H groups in total. The van der Waals surface area contributed by atoms with E-state index in [0.29, 0.717) is 13.2 Å². The molecule has 0 unspecified atom stereocenters. The van der Waals surface area contributed by atoms with Crippen molar-refractivity contribution in [3.8, 4) is 0 Å². The van der Waals surface area contributed by atoms with E-state index in [-0.39, 0.29) is 11.6 Å². The molecular weight excluding hydrogens is 252 g/mol. The van der Waals surface area contributed by atoms with Crippen LogP contribution >= 0.6 is 0 Å². The topological polar surface area (TPSA) is 35.5 Å². The summed E-state index contributed by atoms with van der Waals surface area (Å²) in [6, 6.07) is 9.78. The van der Waals surface area contributed by atoms with Crippen molar-refractivity contribution in [2.45, 2.75) is 37.9 Å². The van der Waals surface area contributed by atoms with E-state index in [9.17, 15) is 4.79 Å². The first-order valence-electron chi connectivity index (χ1n) is 7.17. The molecule has 0 aromatic heterocycles. The predicted molar refractivity (Wildman–Crippen MR) is 76.0 cm³/mol. The lowest BCUT2D eigenvalue weighted by Crippen LogP contribution is -2.53. The smallest absolute Gasteiger partial charge is 0.314 e. The summed E-state index contributed by atoms with van der Waals surface area (Å²) < 4.78 is 11.4. The number of carbonyl (C=O) groups is 1. The van der Waals surface area contributed by atoms with E-state index in [1.807, 2.05) is 36.4 Å². The average Bonchev–Trinajstić information content (AvgIpc) is 2.55. The zero-order valence-electron chi connectivity index (χ0n) is 11.6. The van der Waals surface area contributed by atoms with Crippen LogP contribution in [0.2, 0.25) is 0 Å². The van der Waals surface area contributed by atoms with Gasteiger partial charge in [-0.2, -0.15) is 0 Å². The maximum absolute atomic E-state index is 12.4. The molecule has 2 aliphatic heterocycles. The number of rotatable bonds is 4. The standard InChI is InChI=1S/C17H20O3/c1-2-17-10-8-16(9-11-17,13-20-17)15(18)19-12-14-6-4-3-5-7-14/h2-7H,1,8-13H2. The van der Waals surface area contributed by atoms with Gasteiger partial charge in [0.2, 0.25) is 0 Å². The molecule has 20 heavy (non-hydrogen) atoms. The Hall–Kier alpha value is -1.61. The van der Waals surface area contributed by atoms with Crippen molar-refractivity contribution in [2.75, 3.05) is 6.61 Å². The maximum Gasteiger partial charge on any atom is 0.314 e. The Bertz CT molecular complexity index is 482. The van der Waals surface area contributed by atoms with E-state index in [1.165, 1.54) is 0 Å². The van der Waals surface area contributed by atoms with Crippen LogP contribution in [-0.4, -0.2) is 18.2 Å². The Morgan fingerprint density at radius 1 is 1.25 bits per heavy atom. The van der Waals surface area contributed by atoms with Gasteiger partial charge in [0.05, 0.1) is 17.6 Å². The van der Waals surface area contributed by atoms with E-state index in [0.717, 1.165) is 31.2 Å². The third kappa shape index (κ3) is 2.27. The molecule has 3 fully saturated rings. The summed E-state index contributed by atoms with van der Waals surface area (Å²) in [5.41, 5.74) is 0.395. The fourth-order valence-electron chi connectivity index (χ4n) is 3.12. The zero-order valence-corrected chi connectivity index (χ0v) is 11.6. The molecule has 1 saturated carbocycles. The Morgan fingerprint density at radius 2 is 1.95 bits per heavy atom. The van der Waals surface area contributed by atoms with E-state index in [1.54, 1.807) is 0 Å². The highest BCUT2D eigenvalue weighted by Gasteiger charge is 2.53. The van der Waals surface area contributed by atoms with Gasteiger partial charge in [0.1, 0.15) is 6.61 Å². The fourth-order valence-corrected chi connectivity index (χ4v) is 3.12. The van der Waals surface area contributed by atoms with Crippen LogP contribution in [0, 0.1) is 5.41 Å². The van der Waals surface area contributed by atoms with Gasteiger partial charge < -0.3 is 9.47 Å². The third-order valence-corrected chi connectivity index (χ3v) is 4.71. The van der Waals surface area contributed by atoms with E-state index < -0.39 is 5.41 Å². The van der Waals surface area contributed by atoms with Crippen LogP contribution in [0.15, 0.2) is 43.0 Å². The van der Waals surface area contributed by atoms with Gasteiger partial charge in [-0.25, -0.2) is 0 Å². The normalized spacial score (nSPS) is 31.8. The molecule has 2 bridgehead atoms. The van der Waals surface area contributed by atoms with Crippen molar-refractivity contribution in [3.05, 3.63) is 48.6 Å². The molecule has 3 nitrogen and oxygen atoms in total. The van der Waals surface area contributed by atoms with Crippen molar-refractivity contribution in [3.63, 3.8) is 0 Å². The molecule has 106 valence electrons. The summed E-state index contributed by atoms with van der Waals surface area (Å²) in [5, 5.41) is 0. The summed E-state index contributed by atoms with van der Waals surface area (Å²) in [4.78, 5) is 12.4. The quantitative estimate of drug-likeness (QED) is 0.623. The highest BCUT2D eigenvalue weighted by atomic mass is 16.5. The molecule has 3 aliphatic rings. The summed E-state index contributed by atoms with van der Waals surface area (Å²) in [7, 11) is 0. The molecule has 3 heteroatoms. The van der Waals surface area contributed by atoms with Crippen molar-refractivity contribution in [2.24, 2.45) is 5.41 Å². The molecule has 1 aromatic rings. The number of carbonyl (C=O) groups excluding carboxylic acids is 1. The third-order valence-electron chi connectivity index (χ3n) is 4.71. The van der Waals surface area contributed by atoms with Crippen LogP contribution in [-0.2, 0) is 20.9 Å². The minimum absolute atomic E-state index is 0.112. The fraction of sp³-hybridized carbons (Fsp3) is 0.471. The van der Waals surface area contributed by atoms with Gasteiger partial charge in [-0.3, -0.25) is 4.79 Å². The van der Waals surface area contributed by atoms with E-state index >= 15 is 0 Å². The number of hydrogen-bond acceptors (Lipinski definition) is 3. The largest absolute Gasteiger partial charge is 0.460 e. The minimum Gasteiger partial charge on any atom is -0.460 e. The van der Waals surface area contributed by atoms with Crippen molar-refractivity contribution < 1.29 is 14.3 Å². The second kappa shape index (κ2) is 5.06. The molecule has 2 saturated heterocycles. The van der Waals surface area contributed by atoms with Crippen molar-refractivity contribution >= 4 is 5.97 Å². The SMILES string of the molecule is C=CC12CCC(C(=O)OCc3ccccc3)(CC1)CO2. The zero-order chi connectivity index (χ0) is 14.1. The lowest BCUT2D eigenvalue weighted by Gasteiger charge is -2.50. The molecule has 4 rings (SSSR count). The highest BCUT2D eigenvalue weighted by molar-refractivity contribution is 5.77. The van der Waals surface area contributed by atoms with Gasteiger partial charge in [-0.1, -0.05) is 36.4 Å². The number of hydrogen-bond donors (Lipinski definition) is 0.